The first kappa shape index (κ1) is 14.6. The minimum Gasteiger partial charge on any atom is -0.314 e. The molecule has 0 spiro atoms. The minimum absolute atomic E-state index is 0.334. The van der Waals surface area contributed by atoms with Crippen LogP contribution in [0.3, 0.4) is 0 Å². The molecule has 2 aliphatic rings. The molecule has 2 saturated heterocycles. The van der Waals surface area contributed by atoms with Crippen LogP contribution in [0.5, 0.6) is 0 Å². The van der Waals surface area contributed by atoms with Gasteiger partial charge in [0.25, 0.3) is 0 Å². The molecule has 0 aliphatic carbocycles. The average Bonchev–Trinajstić information content (AvgIpc) is 2.41. The lowest BCUT2D eigenvalue weighted by atomic mass is 9.99. The van der Waals surface area contributed by atoms with Gasteiger partial charge in [0.1, 0.15) is 0 Å². The summed E-state index contributed by atoms with van der Waals surface area (Å²) in [6.45, 7) is 9.05. The van der Waals surface area contributed by atoms with Gasteiger partial charge in [-0.25, -0.2) is 0 Å². The van der Waals surface area contributed by atoms with Crippen molar-refractivity contribution in [3.05, 3.63) is 33.8 Å². The molecule has 5 heteroatoms. The van der Waals surface area contributed by atoms with Crippen molar-refractivity contribution >= 4 is 23.2 Å². The van der Waals surface area contributed by atoms with E-state index >= 15 is 0 Å². The fraction of sp³-hybridized carbons (Fsp3) is 0.600. The molecule has 3 rings (SSSR count). The van der Waals surface area contributed by atoms with Crippen molar-refractivity contribution in [2.45, 2.75) is 19.0 Å². The topological polar surface area (TPSA) is 18.5 Å². The van der Waals surface area contributed by atoms with Gasteiger partial charge in [0, 0.05) is 51.4 Å². The number of benzene rings is 1. The van der Waals surface area contributed by atoms with Crippen LogP contribution in [0.1, 0.15) is 18.5 Å². The number of halogens is 2. The van der Waals surface area contributed by atoms with Crippen molar-refractivity contribution in [2.75, 3.05) is 39.3 Å². The number of hydrogen-bond donors (Lipinski definition) is 1. The number of rotatable bonds is 3. The standard InChI is InChI=1S/C15H21Cl2N3/c1-11(13-3-2-4-14(16)15(13)17)20-9-12(10-20)19-7-5-18-6-8-19/h2-4,11-12,18H,5-10H2,1H3. The highest BCUT2D eigenvalue weighted by molar-refractivity contribution is 6.42. The van der Waals surface area contributed by atoms with E-state index in [1.54, 1.807) is 0 Å². The lowest BCUT2D eigenvalue weighted by Gasteiger charge is -2.49. The highest BCUT2D eigenvalue weighted by Gasteiger charge is 2.35. The molecule has 1 unspecified atom stereocenters. The third-order valence-corrected chi connectivity index (χ3v) is 5.37. The zero-order chi connectivity index (χ0) is 14.1. The summed E-state index contributed by atoms with van der Waals surface area (Å²) in [7, 11) is 0. The first-order valence-electron chi connectivity index (χ1n) is 7.29. The van der Waals surface area contributed by atoms with E-state index in [2.05, 4.69) is 28.1 Å². The predicted molar refractivity (Wildman–Crippen MR) is 84.7 cm³/mol. The van der Waals surface area contributed by atoms with Crippen LogP contribution in [0.4, 0.5) is 0 Å². The number of likely N-dealkylation sites (tertiary alicyclic amines) is 1. The Morgan fingerprint density at radius 1 is 1.20 bits per heavy atom. The van der Waals surface area contributed by atoms with Crippen molar-refractivity contribution in [2.24, 2.45) is 0 Å². The van der Waals surface area contributed by atoms with E-state index in [0.717, 1.165) is 31.7 Å². The van der Waals surface area contributed by atoms with Gasteiger partial charge in [0.2, 0.25) is 0 Å². The summed E-state index contributed by atoms with van der Waals surface area (Å²) in [5.41, 5.74) is 1.14. The number of nitrogens with zero attached hydrogens (tertiary/aromatic N) is 2. The van der Waals surface area contributed by atoms with Crippen molar-refractivity contribution < 1.29 is 0 Å². The van der Waals surface area contributed by atoms with Crippen LogP contribution >= 0.6 is 23.2 Å². The fourth-order valence-corrected chi connectivity index (χ4v) is 3.59. The normalized spacial score (nSPS) is 23.6. The van der Waals surface area contributed by atoms with E-state index in [-0.39, 0.29) is 0 Å². The summed E-state index contributed by atoms with van der Waals surface area (Å²) >= 11 is 12.4. The average molecular weight is 314 g/mol. The Labute approximate surface area is 130 Å². The molecule has 2 fully saturated rings. The summed E-state index contributed by atoms with van der Waals surface area (Å²) in [6, 6.07) is 6.95. The second-order valence-corrected chi connectivity index (χ2v) is 6.50. The molecular weight excluding hydrogens is 293 g/mol. The molecule has 0 amide bonds. The Bertz CT molecular complexity index is 468. The molecule has 3 nitrogen and oxygen atoms in total. The van der Waals surface area contributed by atoms with Crippen molar-refractivity contribution in [3.63, 3.8) is 0 Å². The van der Waals surface area contributed by atoms with Crippen LogP contribution in [0, 0.1) is 0 Å². The van der Waals surface area contributed by atoms with E-state index in [1.807, 2.05) is 12.1 Å². The second kappa shape index (κ2) is 6.20. The van der Waals surface area contributed by atoms with Gasteiger partial charge in [-0.1, -0.05) is 35.3 Å². The molecular formula is C15H21Cl2N3. The van der Waals surface area contributed by atoms with E-state index in [0.29, 0.717) is 22.1 Å². The maximum absolute atomic E-state index is 6.32. The van der Waals surface area contributed by atoms with Gasteiger partial charge in [0.15, 0.2) is 0 Å². The molecule has 0 radical (unpaired) electrons. The minimum atomic E-state index is 0.334. The molecule has 1 atom stereocenters. The molecule has 0 aromatic heterocycles. The maximum atomic E-state index is 6.32. The third kappa shape index (κ3) is 2.83. The Kier molecular flexibility index (Phi) is 4.53. The maximum Gasteiger partial charge on any atom is 0.0640 e. The van der Waals surface area contributed by atoms with Crippen LogP contribution in [0.15, 0.2) is 18.2 Å². The Morgan fingerprint density at radius 3 is 2.60 bits per heavy atom. The van der Waals surface area contributed by atoms with E-state index in [4.69, 9.17) is 23.2 Å². The highest BCUT2D eigenvalue weighted by atomic mass is 35.5. The van der Waals surface area contributed by atoms with Crippen LogP contribution in [-0.4, -0.2) is 55.1 Å². The highest BCUT2D eigenvalue weighted by Crippen LogP contribution is 2.35. The van der Waals surface area contributed by atoms with E-state index in [9.17, 15) is 0 Å². The molecule has 20 heavy (non-hydrogen) atoms. The molecule has 2 heterocycles. The number of hydrogen-bond acceptors (Lipinski definition) is 3. The zero-order valence-electron chi connectivity index (χ0n) is 11.8. The summed E-state index contributed by atoms with van der Waals surface area (Å²) in [5, 5.41) is 4.75. The smallest absolute Gasteiger partial charge is 0.0640 e. The Balaban J connectivity index is 1.60. The lowest BCUT2D eigenvalue weighted by Crippen LogP contribution is -2.62. The van der Waals surface area contributed by atoms with Gasteiger partial charge in [-0.2, -0.15) is 0 Å². The van der Waals surface area contributed by atoms with Crippen LogP contribution in [-0.2, 0) is 0 Å². The van der Waals surface area contributed by atoms with E-state index in [1.165, 1.54) is 13.1 Å². The van der Waals surface area contributed by atoms with Gasteiger partial charge in [-0.3, -0.25) is 9.80 Å². The second-order valence-electron chi connectivity index (χ2n) is 5.71. The van der Waals surface area contributed by atoms with Gasteiger partial charge in [0.05, 0.1) is 10.0 Å². The van der Waals surface area contributed by atoms with Crippen molar-refractivity contribution in [1.82, 2.24) is 15.1 Å². The van der Waals surface area contributed by atoms with E-state index < -0.39 is 0 Å². The van der Waals surface area contributed by atoms with Gasteiger partial charge < -0.3 is 5.32 Å². The number of nitrogens with one attached hydrogen (secondary N) is 1. The molecule has 110 valence electrons. The van der Waals surface area contributed by atoms with Crippen LogP contribution in [0.2, 0.25) is 10.0 Å². The quantitative estimate of drug-likeness (QED) is 0.925. The molecule has 0 bridgehead atoms. The van der Waals surface area contributed by atoms with Crippen molar-refractivity contribution in [3.8, 4) is 0 Å². The molecule has 0 saturated carbocycles. The summed E-state index contributed by atoms with van der Waals surface area (Å²) in [5.74, 6) is 0. The van der Waals surface area contributed by atoms with Crippen molar-refractivity contribution in [1.29, 1.82) is 0 Å². The van der Waals surface area contributed by atoms with Gasteiger partial charge in [-0.05, 0) is 18.6 Å². The summed E-state index contributed by atoms with van der Waals surface area (Å²) in [6.07, 6.45) is 0. The number of piperazine rings is 1. The Morgan fingerprint density at radius 2 is 1.90 bits per heavy atom. The summed E-state index contributed by atoms with van der Waals surface area (Å²) < 4.78 is 0. The third-order valence-electron chi connectivity index (χ3n) is 4.54. The molecule has 1 aromatic carbocycles. The SMILES string of the molecule is CC(c1cccc(Cl)c1Cl)N1CC(N2CCNCC2)C1. The van der Waals surface area contributed by atoms with Crippen LogP contribution in [0.25, 0.3) is 0 Å². The first-order valence-corrected chi connectivity index (χ1v) is 8.05. The van der Waals surface area contributed by atoms with Gasteiger partial charge in [-0.15, -0.1) is 0 Å². The first-order chi connectivity index (χ1) is 9.66. The Hall–Kier alpha value is -0.320. The molecule has 1 N–H and O–H groups in total. The van der Waals surface area contributed by atoms with Gasteiger partial charge >= 0.3 is 0 Å². The predicted octanol–water partition coefficient (Wildman–Crippen LogP) is 2.64. The zero-order valence-corrected chi connectivity index (χ0v) is 13.3. The lowest BCUT2D eigenvalue weighted by molar-refractivity contribution is 0.00350. The largest absolute Gasteiger partial charge is 0.314 e. The monoisotopic (exact) mass is 313 g/mol. The van der Waals surface area contributed by atoms with Crippen LogP contribution < -0.4 is 5.32 Å². The molecule has 1 aromatic rings. The fourth-order valence-electron chi connectivity index (χ4n) is 3.12. The summed E-state index contributed by atoms with van der Waals surface area (Å²) in [4.78, 5) is 5.07. The molecule has 2 aliphatic heterocycles.